The summed E-state index contributed by atoms with van der Waals surface area (Å²) in [5.41, 5.74) is 7.53. The van der Waals surface area contributed by atoms with Gasteiger partial charge in [-0.05, 0) is 23.8 Å². The average molecular weight is 404 g/mol. The maximum Gasteiger partial charge on any atom is 0.265 e. The minimum absolute atomic E-state index is 0.120. The molecule has 154 valence electrons. The van der Waals surface area contributed by atoms with Crippen molar-refractivity contribution in [2.75, 3.05) is 38.2 Å². The predicted molar refractivity (Wildman–Crippen MR) is 104 cm³/mol. The number of carbonyl (C=O) groups is 1. The van der Waals surface area contributed by atoms with Crippen molar-refractivity contribution in [1.29, 1.82) is 0 Å². The van der Waals surface area contributed by atoms with Crippen LogP contribution in [0.2, 0.25) is 0 Å². The van der Waals surface area contributed by atoms with Gasteiger partial charge in [-0.2, -0.15) is 0 Å². The molecule has 3 rings (SSSR count). The van der Waals surface area contributed by atoms with Gasteiger partial charge < -0.3 is 20.6 Å². The number of benzene rings is 2. The molecule has 0 saturated carbocycles. The van der Waals surface area contributed by atoms with E-state index in [1.807, 2.05) is 18.2 Å². The van der Waals surface area contributed by atoms with Crippen molar-refractivity contribution in [3.05, 3.63) is 65.2 Å². The molecule has 0 atom stereocenters. The highest BCUT2D eigenvalue weighted by Crippen LogP contribution is 2.15. The zero-order valence-electron chi connectivity index (χ0n) is 15.7. The number of amidine groups is 1. The van der Waals surface area contributed by atoms with E-state index in [9.17, 15) is 13.6 Å². The monoisotopic (exact) mass is 404 g/mol. The standard InChI is InChI=1S/C20H22F2N4O3/c21-16-4-5-18(17(22)11-16)24-19(27)13-29-25-20(23)15-3-1-2-14(10-15)12-26-6-8-28-9-7-26/h1-5,10-11H,6-9,12-13H2,(H2,23,25)(H,24,27). The number of carbonyl (C=O) groups excluding carboxylic acids is 1. The fraction of sp³-hybridized carbons (Fsp3) is 0.300. The molecule has 1 heterocycles. The Morgan fingerprint density at radius 1 is 1.21 bits per heavy atom. The molecule has 0 spiro atoms. The Labute approximate surface area is 167 Å². The van der Waals surface area contributed by atoms with Gasteiger partial charge in [-0.1, -0.05) is 23.4 Å². The Balaban J connectivity index is 1.52. The van der Waals surface area contributed by atoms with Crippen LogP contribution in [-0.4, -0.2) is 49.6 Å². The van der Waals surface area contributed by atoms with Gasteiger partial charge in [-0.25, -0.2) is 8.78 Å². The molecule has 0 radical (unpaired) electrons. The fourth-order valence-electron chi connectivity index (χ4n) is 2.84. The number of nitrogens with two attached hydrogens (primary N) is 1. The maximum absolute atomic E-state index is 13.5. The summed E-state index contributed by atoms with van der Waals surface area (Å²) < 4.78 is 31.8. The molecule has 1 amide bonds. The molecule has 9 heteroatoms. The highest BCUT2D eigenvalue weighted by atomic mass is 19.1. The quantitative estimate of drug-likeness (QED) is 0.419. The summed E-state index contributed by atoms with van der Waals surface area (Å²) in [5, 5.41) is 6.02. The lowest BCUT2D eigenvalue weighted by atomic mass is 10.1. The van der Waals surface area contributed by atoms with E-state index in [4.69, 9.17) is 15.3 Å². The summed E-state index contributed by atoms with van der Waals surface area (Å²) in [6.45, 7) is 3.51. The van der Waals surface area contributed by atoms with Crippen LogP contribution in [0.4, 0.5) is 14.5 Å². The summed E-state index contributed by atoms with van der Waals surface area (Å²) in [7, 11) is 0. The van der Waals surface area contributed by atoms with Crippen molar-refractivity contribution in [2.24, 2.45) is 10.9 Å². The van der Waals surface area contributed by atoms with Crippen LogP contribution >= 0.6 is 0 Å². The molecule has 1 saturated heterocycles. The van der Waals surface area contributed by atoms with Crippen molar-refractivity contribution >= 4 is 17.4 Å². The van der Waals surface area contributed by atoms with E-state index in [1.54, 1.807) is 6.07 Å². The summed E-state index contributed by atoms with van der Waals surface area (Å²) in [6, 6.07) is 10.4. The topological polar surface area (TPSA) is 89.2 Å². The van der Waals surface area contributed by atoms with E-state index in [0.717, 1.165) is 50.5 Å². The first kappa shape index (κ1) is 20.7. The Hall–Kier alpha value is -3.04. The largest absolute Gasteiger partial charge is 0.384 e. The van der Waals surface area contributed by atoms with Crippen LogP contribution in [0.5, 0.6) is 0 Å². The SMILES string of the molecule is N/C(=N/OCC(=O)Nc1ccc(F)cc1F)c1cccc(CN2CCOCC2)c1. The number of hydrogen-bond donors (Lipinski definition) is 2. The number of morpholine rings is 1. The van der Waals surface area contributed by atoms with Crippen LogP contribution in [0, 0.1) is 11.6 Å². The normalized spacial score (nSPS) is 15.2. The van der Waals surface area contributed by atoms with E-state index in [2.05, 4.69) is 15.4 Å². The van der Waals surface area contributed by atoms with Crippen LogP contribution in [0.25, 0.3) is 0 Å². The zero-order chi connectivity index (χ0) is 20.6. The molecule has 1 fully saturated rings. The molecule has 2 aromatic carbocycles. The summed E-state index contributed by atoms with van der Waals surface area (Å²) in [5.74, 6) is -2.13. The molecule has 0 aromatic heterocycles. The summed E-state index contributed by atoms with van der Waals surface area (Å²) in [4.78, 5) is 19.1. The van der Waals surface area contributed by atoms with Crippen LogP contribution in [0.3, 0.4) is 0 Å². The molecule has 29 heavy (non-hydrogen) atoms. The second kappa shape index (κ2) is 9.94. The van der Waals surface area contributed by atoms with Gasteiger partial charge >= 0.3 is 0 Å². The van der Waals surface area contributed by atoms with Gasteiger partial charge in [0.25, 0.3) is 5.91 Å². The van der Waals surface area contributed by atoms with Gasteiger partial charge in [-0.15, -0.1) is 0 Å². The first-order chi connectivity index (χ1) is 14.0. The molecule has 3 N–H and O–H groups in total. The third-order valence-electron chi connectivity index (χ3n) is 4.30. The van der Waals surface area contributed by atoms with Crippen LogP contribution in [-0.2, 0) is 20.9 Å². The third-order valence-corrected chi connectivity index (χ3v) is 4.30. The van der Waals surface area contributed by atoms with E-state index in [1.165, 1.54) is 0 Å². The highest BCUT2D eigenvalue weighted by Gasteiger charge is 2.12. The molecular formula is C20H22F2N4O3. The van der Waals surface area contributed by atoms with Gasteiger partial charge in [0.05, 0.1) is 18.9 Å². The van der Waals surface area contributed by atoms with E-state index in [-0.39, 0.29) is 11.5 Å². The summed E-state index contributed by atoms with van der Waals surface area (Å²) in [6.07, 6.45) is 0. The van der Waals surface area contributed by atoms with Crippen molar-refractivity contribution in [3.63, 3.8) is 0 Å². The Kier molecular flexibility index (Phi) is 7.09. The second-order valence-corrected chi connectivity index (χ2v) is 6.51. The van der Waals surface area contributed by atoms with E-state index >= 15 is 0 Å². The molecule has 1 aliphatic rings. The van der Waals surface area contributed by atoms with Crippen molar-refractivity contribution in [3.8, 4) is 0 Å². The molecule has 2 aromatic rings. The summed E-state index contributed by atoms with van der Waals surface area (Å²) >= 11 is 0. The van der Waals surface area contributed by atoms with Crippen LogP contribution in [0.1, 0.15) is 11.1 Å². The second-order valence-electron chi connectivity index (χ2n) is 6.51. The van der Waals surface area contributed by atoms with Gasteiger partial charge in [0.15, 0.2) is 12.4 Å². The number of halogens is 2. The van der Waals surface area contributed by atoms with Crippen molar-refractivity contribution in [2.45, 2.75) is 6.54 Å². The fourth-order valence-corrected chi connectivity index (χ4v) is 2.84. The lowest BCUT2D eigenvalue weighted by molar-refractivity contribution is -0.120. The number of nitrogens with zero attached hydrogens (tertiary/aromatic N) is 2. The lowest BCUT2D eigenvalue weighted by Crippen LogP contribution is -2.35. The minimum atomic E-state index is -0.876. The minimum Gasteiger partial charge on any atom is -0.384 e. The lowest BCUT2D eigenvalue weighted by Gasteiger charge is -2.26. The van der Waals surface area contributed by atoms with Gasteiger partial charge in [0.1, 0.15) is 11.6 Å². The first-order valence-corrected chi connectivity index (χ1v) is 9.11. The number of hydrogen-bond acceptors (Lipinski definition) is 5. The van der Waals surface area contributed by atoms with Crippen molar-refractivity contribution < 1.29 is 23.1 Å². The Bertz CT molecular complexity index is 886. The Morgan fingerprint density at radius 2 is 2.00 bits per heavy atom. The average Bonchev–Trinajstić information content (AvgIpc) is 2.71. The Morgan fingerprint density at radius 3 is 2.76 bits per heavy atom. The van der Waals surface area contributed by atoms with Crippen molar-refractivity contribution in [1.82, 2.24) is 4.90 Å². The number of ether oxygens (including phenoxy) is 1. The van der Waals surface area contributed by atoms with Crippen LogP contribution in [0.15, 0.2) is 47.6 Å². The number of oxime groups is 1. The van der Waals surface area contributed by atoms with Gasteiger partial charge in [0, 0.05) is 31.3 Å². The third kappa shape index (κ3) is 6.23. The van der Waals surface area contributed by atoms with Crippen LogP contribution < -0.4 is 11.1 Å². The zero-order valence-corrected chi connectivity index (χ0v) is 15.7. The molecule has 0 aliphatic carbocycles. The van der Waals surface area contributed by atoms with Gasteiger partial charge in [0.2, 0.25) is 0 Å². The number of amides is 1. The molecular weight excluding hydrogens is 382 g/mol. The predicted octanol–water partition coefficient (Wildman–Crippen LogP) is 2.07. The molecule has 0 unspecified atom stereocenters. The molecule has 1 aliphatic heterocycles. The van der Waals surface area contributed by atoms with E-state index in [0.29, 0.717) is 11.6 Å². The number of anilines is 1. The number of nitrogens with one attached hydrogen (secondary N) is 1. The van der Waals surface area contributed by atoms with E-state index < -0.39 is 24.1 Å². The molecule has 0 bridgehead atoms. The maximum atomic E-state index is 13.5. The molecule has 7 nitrogen and oxygen atoms in total. The van der Waals surface area contributed by atoms with Gasteiger partial charge in [-0.3, -0.25) is 9.69 Å². The highest BCUT2D eigenvalue weighted by molar-refractivity contribution is 5.97. The number of rotatable bonds is 7. The smallest absolute Gasteiger partial charge is 0.265 e. The first-order valence-electron chi connectivity index (χ1n) is 9.11.